The van der Waals surface area contributed by atoms with Crippen LogP contribution in [0.15, 0.2) is 30.5 Å². The van der Waals surface area contributed by atoms with Gasteiger partial charge in [0.15, 0.2) is 0 Å². The monoisotopic (exact) mass is 285 g/mol. The van der Waals surface area contributed by atoms with Crippen molar-refractivity contribution in [3.8, 4) is 5.69 Å². The minimum atomic E-state index is 0.111. The highest BCUT2D eigenvalue weighted by atomic mass is 15.3. The van der Waals surface area contributed by atoms with Crippen LogP contribution in [-0.2, 0) is 6.54 Å². The van der Waals surface area contributed by atoms with Crippen LogP contribution in [0.3, 0.4) is 0 Å². The van der Waals surface area contributed by atoms with E-state index in [1.807, 2.05) is 6.20 Å². The molecule has 3 nitrogen and oxygen atoms in total. The van der Waals surface area contributed by atoms with E-state index in [2.05, 4.69) is 80.9 Å². The lowest BCUT2D eigenvalue weighted by atomic mass is 10.0. The molecule has 21 heavy (non-hydrogen) atoms. The normalized spacial score (nSPS) is 12.1. The highest BCUT2D eigenvalue weighted by Gasteiger charge is 2.17. The molecule has 0 saturated carbocycles. The third-order valence-corrected chi connectivity index (χ3v) is 3.52. The van der Waals surface area contributed by atoms with Gasteiger partial charge in [-0.05, 0) is 45.7 Å². The Labute approximate surface area is 128 Å². The van der Waals surface area contributed by atoms with E-state index in [9.17, 15) is 0 Å². The fourth-order valence-electron chi connectivity index (χ4n) is 2.40. The molecule has 0 atom stereocenters. The summed E-state index contributed by atoms with van der Waals surface area (Å²) in [6, 6.07) is 8.53. The maximum absolute atomic E-state index is 4.61. The number of nitrogens with zero attached hydrogens (tertiary/aromatic N) is 2. The Morgan fingerprint density at radius 2 is 1.76 bits per heavy atom. The molecule has 0 radical (unpaired) electrons. The average molecular weight is 285 g/mol. The number of nitrogens with one attached hydrogen (secondary N) is 1. The lowest BCUT2D eigenvalue weighted by Crippen LogP contribution is -2.35. The predicted molar refractivity (Wildman–Crippen MR) is 89.0 cm³/mol. The van der Waals surface area contributed by atoms with Crippen molar-refractivity contribution in [2.24, 2.45) is 0 Å². The lowest BCUT2D eigenvalue weighted by molar-refractivity contribution is 0.423. The molecule has 0 unspecified atom stereocenters. The van der Waals surface area contributed by atoms with Crippen LogP contribution >= 0.6 is 0 Å². The zero-order valence-corrected chi connectivity index (χ0v) is 14.1. The van der Waals surface area contributed by atoms with E-state index < -0.39 is 0 Å². The van der Waals surface area contributed by atoms with Gasteiger partial charge in [0.2, 0.25) is 0 Å². The van der Waals surface area contributed by atoms with Crippen LogP contribution in [0.1, 0.15) is 57.4 Å². The number of hydrogen-bond donors (Lipinski definition) is 1. The van der Waals surface area contributed by atoms with Crippen LogP contribution in [0.2, 0.25) is 0 Å². The van der Waals surface area contributed by atoms with Gasteiger partial charge < -0.3 is 5.32 Å². The summed E-state index contributed by atoms with van der Waals surface area (Å²) < 4.78 is 2.07. The van der Waals surface area contributed by atoms with Crippen molar-refractivity contribution in [1.82, 2.24) is 15.1 Å². The Morgan fingerprint density at radius 3 is 2.29 bits per heavy atom. The van der Waals surface area contributed by atoms with Crippen molar-refractivity contribution in [1.29, 1.82) is 0 Å². The number of benzene rings is 1. The number of rotatable bonds is 4. The summed E-state index contributed by atoms with van der Waals surface area (Å²) in [6.07, 6.45) is 1.99. The largest absolute Gasteiger partial charge is 0.308 e. The molecule has 2 rings (SSSR count). The summed E-state index contributed by atoms with van der Waals surface area (Å²) in [7, 11) is 0. The van der Waals surface area contributed by atoms with Crippen molar-refractivity contribution < 1.29 is 0 Å². The molecular formula is C18H27N3. The first-order chi connectivity index (χ1) is 9.78. The fraction of sp³-hybridized carbons (Fsp3) is 0.500. The van der Waals surface area contributed by atoms with Crippen LogP contribution in [-0.4, -0.2) is 15.3 Å². The summed E-state index contributed by atoms with van der Waals surface area (Å²) >= 11 is 0. The molecule has 0 amide bonds. The molecular weight excluding hydrogens is 258 g/mol. The number of hydrogen-bond acceptors (Lipinski definition) is 2. The summed E-state index contributed by atoms with van der Waals surface area (Å²) in [4.78, 5) is 0. The first-order valence-corrected chi connectivity index (χ1v) is 7.67. The molecule has 0 bridgehead atoms. The summed E-state index contributed by atoms with van der Waals surface area (Å²) in [6.45, 7) is 14.0. The van der Waals surface area contributed by atoms with Crippen LogP contribution in [0, 0.1) is 6.92 Å². The van der Waals surface area contributed by atoms with E-state index >= 15 is 0 Å². The van der Waals surface area contributed by atoms with E-state index in [-0.39, 0.29) is 5.54 Å². The van der Waals surface area contributed by atoms with Gasteiger partial charge in [-0.1, -0.05) is 31.5 Å². The molecule has 0 fully saturated rings. The molecule has 1 N–H and O–H groups in total. The maximum Gasteiger partial charge on any atom is 0.0649 e. The highest BCUT2D eigenvalue weighted by Crippen LogP contribution is 2.23. The van der Waals surface area contributed by atoms with E-state index in [1.165, 1.54) is 16.8 Å². The van der Waals surface area contributed by atoms with Gasteiger partial charge in [0.05, 0.1) is 17.6 Å². The van der Waals surface area contributed by atoms with Gasteiger partial charge in [-0.15, -0.1) is 0 Å². The highest BCUT2D eigenvalue weighted by molar-refractivity contribution is 5.38. The van der Waals surface area contributed by atoms with Crippen LogP contribution < -0.4 is 5.32 Å². The Bertz CT molecular complexity index is 586. The molecule has 114 valence electrons. The second-order valence-electron chi connectivity index (χ2n) is 7.06. The minimum Gasteiger partial charge on any atom is -0.308 e. The van der Waals surface area contributed by atoms with Crippen LogP contribution in [0.25, 0.3) is 5.69 Å². The molecule has 2 aromatic rings. The Hall–Kier alpha value is -1.61. The first kappa shape index (κ1) is 15.8. The molecule has 0 aliphatic carbocycles. The molecule has 1 aromatic carbocycles. The van der Waals surface area contributed by atoms with Crippen molar-refractivity contribution >= 4 is 0 Å². The van der Waals surface area contributed by atoms with E-state index in [0.29, 0.717) is 5.92 Å². The standard InChI is InChI=1S/C18H27N3/c1-13(2)17-15(11-19-18(4,5)6)12-20-21(17)16-9-7-14(3)8-10-16/h7-10,12-13,19H,11H2,1-6H3. The van der Waals surface area contributed by atoms with Gasteiger partial charge in [0.25, 0.3) is 0 Å². The van der Waals surface area contributed by atoms with E-state index in [0.717, 1.165) is 12.2 Å². The average Bonchev–Trinajstić information content (AvgIpc) is 2.80. The van der Waals surface area contributed by atoms with Gasteiger partial charge in [0, 0.05) is 17.6 Å². The fourth-order valence-corrected chi connectivity index (χ4v) is 2.40. The van der Waals surface area contributed by atoms with Crippen molar-refractivity contribution in [2.45, 2.75) is 59.5 Å². The molecule has 0 aliphatic rings. The third kappa shape index (κ3) is 3.94. The van der Waals surface area contributed by atoms with Gasteiger partial charge in [0.1, 0.15) is 0 Å². The maximum atomic E-state index is 4.61. The molecule has 0 aliphatic heterocycles. The van der Waals surface area contributed by atoms with Crippen molar-refractivity contribution in [3.05, 3.63) is 47.3 Å². The minimum absolute atomic E-state index is 0.111. The molecule has 0 saturated heterocycles. The first-order valence-electron chi connectivity index (χ1n) is 7.67. The topological polar surface area (TPSA) is 29.9 Å². The van der Waals surface area contributed by atoms with Gasteiger partial charge in [-0.25, -0.2) is 4.68 Å². The van der Waals surface area contributed by atoms with Crippen LogP contribution in [0.4, 0.5) is 0 Å². The van der Waals surface area contributed by atoms with E-state index in [4.69, 9.17) is 0 Å². The van der Waals surface area contributed by atoms with Gasteiger partial charge in [-0.3, -0.25) is 0 Å². The van der Waals surface area contributed by atoms with Crippen molar-refractivity contribution in [3.63, 3.8) is 0 Å². The predicted octanol–water partition coefficient (Wildman–Crippen LogP) is 4.19. The molecule has 1 heterocycles. The van der Waals surface area contributed by atoms with Crippen molar-refractivity contribution in [2.75, 3.05) is 0 Å². The Morgan fingerprint density at radius 1 is 1.14 bits per heavy atom. The van der Waals surface area contributed by atoms with Gasteiger partial charge in [-0.2, -0.15) is 5.10 Å². The Kier molecular flexibility index (Phi) is 4.52. The SMILES string of the molecule is Cc1ccc(-n2ncc(CNC(C)(C)C)c2C(C)C)cc1. The summed E-state index contributed by atoms with van der Waals surface area (Å²) in [5.74, 6) is 0.436. The smallest absolute Gasteiger partial charge is 0.0649 e. The summed E-state index contributed by atoms with van der Waals surface area (Å²) in [5, 5.41) is 8.17. The van der Waals surface area contributed by atoms with Crippen LogP contribution in [0.5, 0.6) is 0 Å². The lowest BCUT2D eigenvalue weighted by Gasteiger charge is -2.21. The van der Waals surface area contributed by atoms with Gasteiger partial charge >= 0.3 is 0 Å². The molecule has 3 heteroatoms. The second-order valence-corrected chi connectivity index (χ2v) is 7.06. The Balaban J connectivity index is 2.35. The molecule has 0 spiro atoms. The number of aryl methyl sites for hydroxylation is 1. The summed E-state index contributed by atoms with van der Waals surface area (Å²) in [5.41, 5.74) is 5.08. The van der Waals surface area contributed by atoms with E-state index in [1.54, 1.807) is 0 Å². The molecule has 1 aromatic heterocycles. The zero-order valence-electron chi connectivity index (χ0n) is 14.1. The zero-order chi connectivity index (χ0) is 15.6. The third-order valence-electron chi connectivity index (χ3n) is 3.52. The quantitative estimate of drug-likeness (QED) is 0.912. The second kappa shape index (κ2) is 6.02. The number of aromatic nitrogens is 2.